The highest BCUT2D eigenvalue weighted by Crippen LogP contribution is 2.34. The summed E-state index contributed by atoms with van der Waals surface area (Å²) in [7, 11) is 3.09. The lowest BCUT2D eigenvalue weighted by atomic mass is 10.0. The van der Waals surface area contributed by atoms with Crippen LogP contribution in [0.1, 0.15) is 35.7 Å². The Hall–Kier alpha value is -2.01. The summed E-state index contributed by atoms with van der Waals surface area (Å²) in [6.07, 6.45) is 0. The van der Waals surface area contributed by atoms with Gasteiger partial charge in [0.25, 0.3) is 5.91 Å². The lowest BCUT2D eigenvalue weighted by Crippen LogP contribution is -2.14. The molecule has 0 atom stereocenters. The number of amides is 1. The van der Waals surface area contributed by atoms with Gasteiger partial charge in [-0.15, -0.1) is 0 Å². The molecule has 0 heterocycles. The number of carbonyl (C=O) groups is 1. The van der Waals surface area contributed by atoms with Gasteiger partial charge in [0.2, 0.25) is 0 Å². The quantitative estimate of drug-likeness (QED) is 0.810. The first-order valence-corrected chi connectivity index (χ1v) is 8.08. The van der Waals surface area contributed by atoms with Gasteiger partial charge in [0.15, 0.2) is 0 Å². The summed E-state index contributed by atoms with van der Waals surface area (Å²) in [5, 5.41) is 2.91. The Morgan fingerprint density at radius 1 is 1.13 bits per heavy atom. The van der Waals surface area contributed by atoms with Crippen LogP contribution in [0, 0.1) is 0 Å². The van der Waals surface area contributed by atoms with Crippen LogP contribution in [0.5, 0.6) is 11.5 Å². The van der Waals surface area contributed by atoms with Crippen molar-refractivity contribution in [1.82, 2.24) is 0 Å². The van der Waals surface area contributed by atoms with Crippen LogP contribution in [-0.4, -0.2) is 20.1 Å². The van der Waals surface area contributed by atoms with Gasteiger partial charge in [-0.2, -0.15) is 0 Å². The molecule has 0 fully saturated rings. The molecule has 0 radical (unpaired) electrons. The molecule has 0 unspecified atom stereocenters. The first-order chi connectivity index (χ1) is 11.0. The van der Waals surface area contributed by atoms with Gasteiger partial charge in [0.05, 0.1) is 24.3 Å². The van der Waals surface area contributed by atoms with Crippen LogP contribution >= 0.6 is 15.9 Å². The van der Waals surface area contributed by atoms with Gasteiger partial charge in [-0.25, -0.2) is 0 Å². The molecule has 0 aliphatic heterocycles. The molecule has 0 aliphatic rings. The van der Waals surface area contributed by atoms with Crippen LogP contribution in [0.4, 0.5) is 5.69 Å². The Bertz CT molecular complexity index is 713. The highest BCUT2D eigenvalue weighted by atomic mass is 79.9. The van der Waals surface area contributed by atoms with Gasteiger partial charge in [0.1, 0.15) is 11.5 Å². The number of hydrogen-bond donors (Lipinski definition) is 1. The second-order valence-electron chi connectivity index (χ2n) is 5.42. The van der Waals surface area contributed by atoms with Crippen molar-refractivity contribution < 1.29 is 14.3 Å². The Morgan fingerprint density at radius 3 is 2.48 bits per heavy atom. The minimum absolute atomic E-state index is 0.248. The van der Waals surface area contributed by atoms with E-state index in [1.807, 2.05) is 24.3 Å². The topological polar surface area (TPSA) is 47.6 Å². The van der Waals surface area contributed by atoms with E-state index < -0.39 is 0 Å². The van der Waals surface area contributed by atoms with E-state index in [9.17, 15) is 4.79 Å². The SMILES string of the molecule is COc1cc(Br)c(OC)c(C(=O)Nc2cccc(C(C)C)c2)c1. The third kappa shape index (κ3) is 4.05. The zero-order valence-corrected chi connectivity index (χ0v) is 15.2. The molecule has 0 aromatic heterocycles. The Morgan fingerprint density at radius 2 is 1.87 bits per heavy atom. The maximum atomic E-state index is 12.6. The Labute approximate surface area is 144 Å². The maximum Gasteiger partial charge on any atom is 0.259 e. The van der Waals surface area contributed by atoms with Gasteiger partial charge >= 0.3 is 0 Å². The van der Waals surface area contributed by atoms with Crippen LogP contribution < -0.4 is 14.8 Å². The van der Waals surface area contributed by atoms with Crippen molar-refractivity contribution in [3.63, 3.8) is 0 Å². The third-order valence-electron chi connectivity index (χ3n) is 3.51. The number of halogens is 1. The number of benzene rings is 2. The number of anilines is 1. The summed E-state index contributed by atoms with van der Waals surface area (Å²) >= 11 is 3.40. The second-order valence-corrected chi connectivity index (χ2v) is 6.28. The van der Waals surface area contributed by atoms with Crippen molar-refractivity contribution in [2.45, 2.75) is 19.8 Å². The zero-order chi connectivity index (χ0) is 17.0. The average molecular weight is 378 g/mol. The second kappa shape index (κ2) is 7.51. The van der Waals surface area contributed by atoms with Gasteiger partial charge in [0, 0.05) is 5.69 Å². The van der Waals surface area contributed by atoms with Gasteiger partial charge in [-0.05, 0) is 51.7 Å². The molecule has 23 heavy (non-hydrogen) atoms. The van der Waals surface area contributed by atoms with Crippen LogP contribution in [0.15, 0.2) is 40.9 Å². The molecule has 2 aromatic carbocycles. The van der Waals surface area contributed by atoms with Crippen molar-refractivity contribution >= 4 is 27.5 Å². The molecule has 0 saturated heterocycles. The molecular weight excluding hydrogens is 358 g/mol. The van der Waals surface area contributed by atoms with E-state index in [2.05, 4.69) is 35.1 Å². The number of hydrogen-bond acceptors (Lipinski definition) is 3. The fourth-order valence-corrected chi connectivity index (χ4v) is 2.84. The van der Waals surface area contributed by atoms with Crippen LogP contribution in [0.2, 0.25) is 0 Å². The monoisotopic (exact) mass is 377 g/mol. The van der Waals surface area contributed by atoms with Crippen molar-refractivity contribution in [1.29, 1.82) is 0 Å². The highest BCUT2D eigenvalue weighted by molar-refractivity contribution is 9.10. The standard InChI is InChI=1S/C18H20BrNO3/c1-11(2)12-6-5-7-13(8-12)20-18(21)15-9-14(22-3)10-16(19)17(15)23-4/h5-11H,1-4H3,(H,20,21). The van der Waals surface area contributed by atoms with Crippen LogP contribution in [0.25, 0.3) is 0 Å². The van der Waals surface area contributed by atoms with Crippen molar-refractivity contribution in [2.24, 2.45) is 0 Å². The molecule has 0 spiro atoms. The summed E-state index contributed by atoms with van der Waals surface area (Å²) in [5.74, 6) is 1.21. The molecule has 2 aromatic rings. The third-order valence-corrected chi connectivity index (χ3v) is 4.10. The van der Waals surface area contributed by atoms with Gasteiger partial charge in [-0.3, -0.25) is 4.79 Å². The number of ether oxygens (including phenoxy) is 2. The van der Waals surface area contributed by atoms with Crippen molar-refractivity contribution in [3.05, 3.63) is 52.0 Å². The van der Waals surface area contributed by atoms with E-state index >= 15 is 0 Å². The molecule has 1 N–H and O–H groups in total. The van der Waals surface area contributed by atoms with Crippen molar-refractivity contribution in [2.75, 3.05) is 19.5 Å². The number of carbonyl (C=O) groups excluding carboxylic acids is 1. The molecule has 1 amide bonds. The normalized spacial score (nSPS) is 10.5. The minimum atomic E-state index is -0.248. The van der Waals surface area contributed by atoms with E-state index in [4.69, 9.17) is 9.47 Å². The zero-order valence-electron chi connectivity index (χ0n) is 13.6. The molecular formula is C18H20BrNO3. The summed E-state index contributed by atoms with van der Waals surface area (Å²) in [6, 6.07) is 11.2. The fourth-order valence-electron chi connectivity index (χ4n) is 2.24. The first kappa shape index (κ1) is 17.3. The summed E-state index contributed by atoms with van der Waals surface area (Å²) < 4.78 is 11.2. The molecule has 2 rings (SSSR count). The molecule has 0 bridgehead atoms. The summed E-state index contributed by atoms with van der Waals surface area (Å²) in [5.41, 5.74) is 2.33. The van der Waals surface area contributed by atoms with E-state index in [1.165, 1.54) is 12.7 Å². The minimum Gasteiger partial charge on any atom is -0.497 e. The van der Waals surface area contributed by atoms with Gasteiger partial charge < -0.3 is 14.8 Å². The maximum absolute atomic E-state index is 12.6. The molecule has 0 saturated carbocycles. The highest BCUT2D eigenvalue weighted by Gasteiger charge is 2.17. The number of rotatable bonds is 5. The van der Waals surface area contributed by atoms with Crippen LogP contribution in [-0.2, 0) is 0 Å². The largest absolute Gasteiger partial charge is 0.497 e. The number of methoxy groups -OCH3 is 2. The van der Waals surface area contributed by atoms with E-state index in [0.29, 0.717) is 27.5 Å². The number of nitrogens with one attached hydrogen (secondary N) is 1. The molecule has 122 valence electrons. The average Bonchev–Trinajstić information content (AvgIpc) is 2.54. The summed E-state index contributed by atoms with van der Waals surface area (Å²) in [6.45, 7) is 4.23. The fraction of sp³-hybridized carbons (Fsp3) is 0.278. The molecule has 0 aliphatic carbocycles. The first-order valence-electron chi connectivity index (χ1n) is 7.29. The lowest BCUT2D eigenvalue weighted by molar-refractivity contribution is 0.102. The van der Waals surface area contributed by atoms with E-state index in [-0.39, 0.29) is 5.91 Å². The van der Waals surface area contributed by atoms with Crippen molar-refractivity contribution in [3.8, 4) is 11.5 Å². The molecule has 5 heteroatoms. The Kier molecular flexibility index (Phi) is 5.66. The molecule has 4 nitrogen and oxygen atoms in total. The van der Waals surface area contributed by atoms with Crippen LogP contribution in [0.3, 0.4) is 0 Å². The predicted octanol–water partition coefficient (Wildman–Crippen LogP) is 4.84. The smallest absolute Gasteiger partial charge is 0.259 e. The predicted molar refractivity (Wildman–Crippen MR) is 95.7 cm³/mol. The lowest BCUT2D eigenvalue weighted by Gasteiger charge is -2.14. The summed E-state index contributed by atoms with van der Waals surface area (Å²) in [4.78, 5) is 12.6. The van der Waals surface area contributed by atoms with Gasteiger partial charge in [-0.1, -0.05) is 26.0 Å². The van der Waals surface area contributed by atoms with E-state index in [0.717, 1.165) is 5.69 Å². The Balaban J connectivity index is 2.34. The van der Waals surface area contributed by atoms with E-state index in [1.54, 1.807) is 19.2 Å².